The Morgan fingerprint density at radius 2 is 1.53 bits per heavy atom. The first kappa shape index (κ1) is 34.2. The van der Waals surface area contributed by atoms with Crippen molar-refractivity contribution in [2.75, 3.05) is 18.0 Å². The summed E-state index contributed by atoms with van der Waals surface area (Å²) in [6, 6.07) is 29.5. The largest absolute Gasteiger partial charge is 0.495 e. The molecule has 1 saturated carbocycles. The number of carbonyl (C=O) groups excluding carboxylic acids is 2. The van der Waals surface area contributed by atoms with Gasteiger partial charge in [0.25, 0.3) is 10.0 Å². The fourth-order valence-corrected chi connectivity index (χ4v) is 7.64. The number of methoxy groups -OCH3 is 1. The van der Waals surface area contributed by atoms with Crippen LogP contribution in [0.15, 0.2) is 112 Å². The summed E-state index contributed by atoms with van der Waals surface area (Å²) in [5.74, 6) is -0.461. The average Bonchev–Trinajstić information content (AvgIpc) is 3.59. The first-order chi connectivity index (χ1) is 22.7. The number of hydrogen-bond acceptors (Lipinski definition) is 5. The highest BCUT2D eigenvalue weighted by Gasteiger charge is 2.36. The Labute approximate surface area is 285 Å². The van der Waals surface area contributed by atoms with Crippen LogP contribution in [-0.2, 0) is 32.6 Å². The molecule has 2 amide bonds. The molecule has 4 aromatic carbocycles. The van der Waals surface area contributed by atoms with Crippen LogP contribution in [0.25, 0.3) is 0 Å². The quantitative estimate of drug-likeness (QED) is 0.167. The predicted octanol–water partition coefficient (Wildman–Crippen LogP) is 6.66. The van der Waals surface area contributed by atoms with Crippen molar-refractivity contribution >= 4 is 43.5 Å². The van der Waals surface area contributed by atoms with Gasteiger partial charge < -0.3 is 15.0 Å². The summed E-state index contributed by atoms with van der Waals surface area (Å²) in [6.07, 6.45) is 4.13. The monoisotopic (exact) mass is 717 g/mol. The van der Waals surface area contributed by atoms with E-state index in [9.17, 15) is 18.0 Å². The zero-order valence-corrected chi connectivity index (χ0v) is 29.0. The molecule has 0 unspecified atom stereocenters. The third kappa shape index (κ3) is 8.61. The number of aryl methyl sites for hydroxylation is 1. The van der Waals surface area contributed by atoms with Crippen molar-refractivity contribution in [2.45, 2.75) is 62.6 Å². The molecule has 8 nitrogen and oxygen atoms in total. The van der Waals surface area contributed by atoms with E-state index in [1.807, 2.05) is 67.6 Å². The Kier molecular flexibility index (Phi) is 11.4. The fraction of sp³-hybridized carbons (Fsp3) is 0.297. The van der Waals surface area contributed by atoms with Crippen LogP contribution in [0.5, 0.6) is 5.75 Å². The number of nitrogens with zero attached hydrogens (tertiary/aromatic N) is 2. The SMILES string of the molecule is COc1ccc(C)cc1N(CC(=O)N(Cc1ccc(Br)cc1)[C@@H](Cc1ccccc1)C(=O)NC1CCCC1)S(=O)(=O)c1ccccc1. The fourth-order valence-electron chi connectivity index (χ4n) is 5.94. The number of nitrogens with one attached hydrogen (secondary N) is 1. The van der Waals surface area contributed by atoms with Gasteiger partial charge in [0.2, 0.25) is 11.8 Å². The van der Waals surface area contributed by atoms with Crippen molar-refractivity contribution in [1.29, 1.82) is 0 Å². The van der Waals surface area contributed by atoms with E-state index in [-0.39, 0.29) is 35.5 Å². The first-order valence-electron chi connectivity index (χ1n) is 15.8. The smallest absolute Gasteiger partial charge is 0.264 e. The topological polar surface area (TPSA) is 96.0 Å². The highest BCUT2D eigenvalue weighted by atomic mass is 79.9. The molecule has 0 spiro atoms. The number of halogens is 1. The zero-order chi connectivity index (χ0) is 33.4. The lowest BCUT2D eigenvalue weighted by Crippen LogP contribution is -2.54. The van der Waals surface area contributed by atoms with E-state index < -0.39 is 28.5 Å². The Bertz CT molecular complexity index is 1760. The molecule has 5 rings (SSSR count). The van der Waals surface area contributed by atoms with Crippen LogP contribution in [0.4, 0.5) is 5.69 Å². The minimum atomic E-state index is -4.23. The molecule has 0 heterocycles. The summed E-state index contributed by atoms with van der Waals surface area (Å²) in [6.45, 7) is 1.41. The third-order valence-electron chi connectivity index (χ3n) is 8.45. The molecule has 1 aliphatic rings. The van der Waals surface area contributed by atoms with Gasteiger partial charge >= 0.3 is 0 Å². The van der Waals surface area contributed by atoms with Gasteiger partial charge in [-0.2, -0.15) is 0 Å². The van der Waals surface area contributed by atoms with Crippen LogP contribution in [0.3, 0.4) is 0 Å². The van der Waals surface area contributed by atoms with Crippen LogP contribution >= 0.6 is 15.9 Å². The van der Waals surface area contributed by atoms with Crippen LogP contribution in [0.1, 0.15) is 42.4 Å². The summed E-state index contributed by atoms with van der Waals surface area (Å²) in [4.78, 5) is 30.4. The zero-order valence-electron chi connectivity index (χ0n) is 26.6. The normalized spacial score (nSPS) is 13.9. The highest BCUT2D eigenvalue weighted by molar-refractivity contribution is 9.10. The van der Waals surface area contributed by atoms with Gasteiger partial charge in [-0.1, -0.05) is 95.5 Å². The van der Waals surface area contributed by atoms with E-state index in [2.05, 4.69) is 21.2 Å². The summed E-state index contributed by atoms with van der Waals surface area (Å²) >= 11 is 3.48. The number of sulfonamides is 1. The molecule has 1 N–H and O–H groups in total. The molecular formula is C37H40BrN3O5S. The summed E-state index contributed by atoms with van der Waals surface area (Å²) in [7, 11) is -2.77. The molecule has 1 fully saturated rings. The number of amides is 2. The molecule has 0 bridgehead atoms. The summed E-state index contributed by atoms with van der Waals surface area (Å²) in [5.41, 5.74) is 2.73. The maximum absolute atomic E-state index is 14.7. The molecule has 246 valence electrons. The van der Waals surface area contributed by atoms with Gasteiger partial charge in [-0.05, 0) is 72.9 Å². The van der Waals surface area contributed by atoms with Crippen LogP contribution < -0.4 is 14.4 Å². The van der Waals surface area contributed by atoms with Gasteiger partial charge in [-0.3, -0.25) is 13.9 Å². The number of anilines is 1. The molecule has 10 heteroatoms. The second kappa shape index (κ2) is 15.6. The minimum absolute atomic E-state index is 0.0376. The first-order valence-corrected chi connectivity index (χ1v) is 18.0. The van der Waals surface area contributed by atoms with Gasteiger partial charge in [0, 0.05) is 23.5 Å². The number of ether oxygens (including phenoxy) is 1. The van der Waals surface area contributed by atoms with Crippen molar-refractivity contribution < 1.29 is 22.7 Å². The van der Waals surface area contributed by atoms with Crippen LogP contribution in [0, 0.1) is 6.92 Å². The van der Waals surface area contributed by atoms with Gasteiger partial charge in [0.1, 0.15) is 18.3 Å². The molecule has 4 aromatic rings. The van der Waals surface area contributed by atoms with Gasteiger partial charge in [-0.15, -0.1) is 0 Å². The highest BCUT2D eigenvalue weighted by Crippen LogP contribution is 2.34. The van der Waals surface area contributed by atoms with E-state index in [1.54, 1.807) is 30.3 Å². The molecule has 1 aliphatic carbocycles. The van der Waals surface area contributed by atoms with Crippen molar-refractivity contribution in [1.82, 2.24) is 10.2 Å². The number of benzene rings is 4. The van der Waals surface area contributed by atoms with E-state index >= 15 is 0 Å². The van der Waals surface area contributed by atoms with Gasteiger partial charge in [0.05, 0.1) is 17.7 Å². The lowest BCUT2D eigenvalue weighted by Gasteiger charge is -2.34. The maximum Gasteiger partial charge on any atom is 0.264 e. The van der Waals surface area contributed by atoms with Gasteiger partial charge in [-0.25, -0.2) is 8.42 Å². The van der Waals surface area contributed by atoms with Crippen molar-refractivity contribution in [3.05, 3.63) is 124 Å². The average molecular weight is 719 g/mol. The van der Waals surface area contributed by atoms with Crippen LogP contribution in [-0.4, -0.2) is 50.9 Å². The molecule has 0 radical (unpaired) electrons. The standard InChI is InChI=1S/C37H40BrN3O5S/c1-27-17-22-35(46-2)33(23-27)41(47(44,45)32-15-7-4-8-16-32)26-36(42)40(25-29-18-20-30(38)21-19-29)34(24-28-11-5-3-6-12-28)37(43)39-31-13-9-10-14-31/h3-8,11-12,15-23,31,34H,9-10,13-14,24-26H2,1-2H3,(H,39,43)/t34-/m0/s1. The number of hydrogen-bond donors (Lipinski definition) is 1. The Morgan fingerprint density at radius 1 is 0.894 bits per heavy atom. The molecule has 47 heavy (non-hydrogen) atoms. The summed E-state index contributed by atoms with van der Waals surface area (Å²) < 4.78 is 36.2. The van der Waals surface area contributed by atoms with E-state index in [1.165, 1.54) is 24.1 Å². The van der Waals surface area contributed by atoms with Gasteiger partial charge in [0.15, 0.2) is 0 Å². The van der Waals surface area contributed by atoms with Crippen molar-refractivity contribution in [3.8, 4) is 5.75 Å². The third-order valence-corrected chi connectivity index (χ3v) is 10.8. The molecule has 0 aliphatic heterocycles. The molecule has 1 atom stereocenters. The lowest BCUT2D eigenvalue weighted by atomic mass is 10.0. The van der Waals surface area contributed by atoms with E-state index in [4.69, 9.17) is 4.74 Å². The molecular weight excluding hydrogens is 678 g/mol. The molecule has 0 saturated heterocycles. The van der Waals surface area contributed by atoms with Crippen molar-refractivity contribution in [3.63, 3.8) is 0 Å². The van der Waals surface area contributed by atoms with Crippen molar-refractivity contribution in [2.24, 2.45) is 0 Å². The predicted molar refractivity (Wildman–Crippen MR) is 188 cm³/mol. The number of rotatable bonds is 13. The Balaban J connectivity index is 1.59. The minimum Gasteiger partial charge on any atom is -0.495 e. The Hall–Kier alpha value is -4.15. The Morgan fingerprint density at radius 3 is 2.17 bits per heavy atom. The van der Waals surface area contributed by atoms with E-state index in [0.29, 0.717) is 5.75 Å². The lowest BCUT2D eigenvalue weighted by molar-refractivity contribution is -0.140. The number of carbonyl (C=O) groups is 2. The second-order valence-corrected chi connectivity index (χ2v) is 14.6. The maximum atomic E-state index is 14.7. The second-order valence-electron chi connectivity index (χ2n) is 11.8. The van der Waals surface area contributed by atoms with E-state index in [0.717, 1.165) is 51.2 Å². The van der Waals surface area contributed by atoms with Crippen LogP contribution in [0.2, 0.25) is 0 Å². The summed E-state index contributed by atoms with van der Waals surface area (Å²) in [5, 5.41) is 3.20. The molecule has 0 aromatic heterocycles.